The van der Waals surface area contributed by atoms with Crippen molar-refractivity contribution in [2.24, 2.45) is 0 Å². The molecule has 1 aliphatic rings. The van der Waals surface area contributed by atoms with Gasteiger partial charge in [-0.2, -0.15) is 0 Å². The van der Waals surface area contributed by atoms with Crippen LogP contribution in [0.15, 0.2) is 243 Å². The fourth-order valence-corrected chi connectivity index (χ4v) is 13.6. The Balaban J connectivity index is 1.01. The second-order valence-corrected chi connectivity index (χ2v) is 22.0. The summed E-state index contributed by atoms with van der Waals surface area (Å²) >= 11 is 0. The highest BCUT2D eigenvalue weighted by molar-refractivity contribution is 7.03. The maximum atomic E-state index is 2.54. The van der Waals surface area contributed by atoms with Gasteiger partial charge in [0.25, 0.3) is 0 Å². The standard InChI is InChI=1S/C62H46N2Si/c1-65(2)60-33-19-31-54-57-41-55(44-34-36-48(37-35-44)64(47-26-13-6-14-27-47)59-32-18-17-28-50(59)43-20-7-3-8-21-43)51-29-15-16-30-52(51)56(57)42-58(62(54)60)53-39-38-49(40-61(53)65)63(45-22-9-4-10-23-45)46-24-11-5-12-25-46/h3-42H,1-2H3. The molecule has 11 aromatic rings. The van der Waals surface area contributed by atoms with E-state index in [0.29, 0.717) is 0 Å². The number of fused-ring (bicyclic) bond motifs is 6. The van der Waals surface area contributed by atoms with Crippen LogP contribution in [-0.4, -0.2) is 8.07 Å². The van der Waals surface area contributed by atoms with Gasteiger partial charge in [-0.1, -0.05) is 177 Å². The predicted molar refractivity (Wildman–Crippen MR) is 281 cm³/mol. The van der Waals surface area contributed by atoms with Crippen molar-refractivity contribution in [3.05, 3.63) is 243 Å². The van der Waals surface area contributed by atoms with Crippen molar-refractivity contribution in [1.82, 2.24) is 0 Å². The van der Waals surface area contributed by atoms with Crippen LogP contribution >= 0.6 is 0 Å². The molecule has 0 atom stereocenters. The first-order valence-electron chi connectivity index (χ1n) is 22.6. The van der Waals surface area contributed by atoms with Gasteiger partial charge in [-0.3, -0.25) is 0 Å². The molecule has 308 valence electrons. The number of anilines is 6. The molecule has 0 N–H and O–H groups in total. The van der Waals surface area contributed by atoms with E-state index in [-0.39, 0.29) is 0 Å². The molecule has 0 bridgehead atoms. The van der Waals surface area contributed by atoms with Crippen molar-refractivity contribution >= 4 is 84.9 Å². The van der Waals surface area contributed by atoms with Crippen molar-refractivity contribution in [3.8, 4) is 33.4 Å². The third-order valence-corrected chi connectivity index (χ3v) is 17.1. The van der Waals surface area contributed by atoms with Crippen LogP contribution in [0.2, 0.25) is 13.1 Å². The smallest absolute Gasteiger partial charge is 0.113 e. The molecule has 0 radical (unpaired) electrons. The van der Waals surface area contributed by atoms with E-state index in [1.54, 1.807) is 0 Å². The molecule has 0 fully saturated rings. The number of hydrogen-bond acceptors (Lipinski definition) is 2. The fourth-order valence-electron chi connectivity index (χ4n) is 10.5. The summed E-state index contributed by atoms with van der Waals surface area (Å²) in [5.74, 6) is 0. The first-order chi connectivity index (χ1) is 32.0. The molecule has 0 aliphatic carbocycles. The summed E-state index contributed by atoms with van der Waals surface area (Å²) in [5.41, 5.74) is 14.4. The minimum absolute atomic E-state index is 1.11. The molecular formula is C62H46N2Si. The lowest BCUT2D eigenvalue weighted by Gasteiger charge is -2.35. The van der Waals surface area contributed by atoms with Crippen LogP contribution in [0.25, 0.3) is 65.7 Å². The highest BCUT2D eigenvalue weighted by atomic mass is 28.3. The average molecular weight is 847 g/mol. The Kier molecular flexibility index (Phi) is 9.32. The van der Waals surface area contributed by atoms with Crippen molar-refractivity contribution in [3.63, 3.8) is 0 Å². The SMILES string of the molecule is C[Si]1(C)c2cc(N(c3ccccc3)c3ccccc3)ccc2-c2cc3c4ccccc4c(-c4ccc(N(c5ccccc5)c5ccccc5-c5ccccc5)cc4)cc3c3cccc1c23. The first kappa shape index (κ1) is 38.7. The molecule has 0 aromatic heterocycles. The van der Waals surface area contributed by atoms with E-state index in [1.165, 1.54) is 81.8 Å². The molecule has 3 heteroatoms. The Morgan fingerprint density at radius 2 is 0.769 bits per heavy atom. The summed E-state index contributed by atoms with van der Waals surface area (Å²) in [7, 11) is -2.19. The van der Waals surface area contributed by atoms with Crippen LogP contribution in [0.3, 0.4) is 0 Å². The number of para-hydroxylation sites is 4. The monoisotopic (exact) mass is 846 g/mol. The third-order valence-electron chi connectivity index (χ3n) is 13.6. The second kappa shape index (κ2) is 15.7. The maximum absolute atomic E-state index is 2.54. The molecule has 0 spiro atoms. The normalized spacial score (nSPS) is 12.6. The summed E-state index contributed by atoms with van der Waals surface area (Å²) < 4.78 is 0. The quantitative estimate of drug-likeness (QED) is 0.111. The zero-order valence-corrected chi connectivity index (χ0v) is 37.5. The zero-order valence-electron chi connectivity index (χ0n) is 36.5. The number of nitrogens with zero attached hydrogens (tertiary/aromatic N) is 2. The minimum Gasteiger partial charge on any atom is -0.311 e. The highest BCUT2D eigenvalue weighted by Gasteiger charge is 2.36. The number of benzene rings is 11. The summed E-state index contributed by atoms with van der Waals surface area (Å²) in [6.45, 7) is 5.08. The second-order valence-electron chi connectivity index (χ2n) is 17.7. The predicted octanol–water partition coefficient (Wildman–Crippen LogP) is 16.2. The molecule has 12 rings (SSSR count). The molecule has 2 nitrogen and oxygen atoms in total. The van der Waals surface area contributed by atoms with Gasteiger partial charge in [0.15, 0.2) is 0 Å². The summed E-state index contributed by atoms with van der Waals surface area (Å²) in [4.78, 5) is 4.78. The van der Waals surface area contributed by atoms with Gasteiger partial charge < -0.3 is 9.80 Å². The van der Waals surface area contributed by atoms with E-state index in [2.05, 4.69) is 266 Å². The van der Waals surface area contributed by atoms with E-state index in [0.717, 1.165) is 28.4 Å². The zero-order chi connectivity index (χ0) is 43.5. The average Bonchev–Trinajstić information content (AvgIpc) is 3.37. The van der Waals surface area contributed by atoms with E-state index in [4.69, 9.17) is 0 Å². The van der Waals surface area contributed by atoms with E-state index < -0.39 is 8.07 Å². The molecular weight excluding hydrogens is 801 g/mol. The Morgan fingerprint density at radius 1 is 0.277 bits per heavy atom. The fraction of sp³-hybridized carbons (Fsp3) is 0.0323. The lowest BCUT2D eigenvalue weighted by Crippen LogP contribution is -2.56. The van der Waals surface area contributed by atoms with Gasteiger partial charge in [-0.25, -0.2) is 0 Å². The van der Waals surface area contributed by atoms with Crippen LogP contribution in [0.1, 0.15) is 0 Å². The Labute approximate surface area is 382 Å². The topological polar surface area (TPSA) is 6.48 Å². The molecule has 65 heavy (non-hydrogen) atoms. The van der Waals surface area contributed by atoms with Crippen molar-refractivity contribution in [2.45, 2.75) is 13.1 Å². The molecule has 0 saturated carbocycles. The largest absolute Gasteiger partial charge is 0.311 e. The van der Waals surface area contributed by atoms with E-state index in [1.807, 2.05) is 0 Å². The minimum atomic E-state index is -2.19. The first-order valence-corrected chi connectivity index (χ1v) is 25.6. The van der Waals surface area contributed by atoms with Crippen LogP contribution in [-0.2, 0) is 0 Å². The van der Waals surface area contributed by atoms with Crippen molar-refractivity contribution < 1.29 is 0 Å². The molecule has 0 saturated heterocycles. The maximum Gasteiger partial charge on any atom is 0.113 e. The Hall–Kier alpha value is -7.98. The number of rotatable bonds is 8. The van der Waals surface area contributed by atoms with Gasteiger partial charge in [0.1, 0.15) is 8.07 Å². The molecule has 1 heterocycles. The lowest BCUT2D eigenvalue weighted by molar-refractivity contribution is 1.28. The highest BCUT2D eigenvalue weighted by Crippen LogP contribution is 2.46. The van der Waals surface area contributed by atoms with Gasteiger partial charge in [-0.15, -0.1) is 0 Å². The Bertz CT molecular complexity index is 3510. The third kappa shape index (κ3) is 6.46. The van der Waals surface area contributed by atoms with E-state index >= 15 is 0 Å². The number of hydrogen-bond donors (Lipinski definition) is 0. The molecule has 11 aromatic carbocycles. The van der Waals surface area contributed by atoms with Gasteiger partial charge >= 0.3 is 0 Å². The van der Waals surface area contributed by atoms with Gasteiger partial charge in [0.2, 0.25) is 0 Å². The van der Waals surface area contributed by atoms with Crippen LogP contribution in [0, 0.1) is 0 Å². The van der Waals surface area contributed by atoms with Crippen LogP contribution < -0.4 is 20.2 Å². The summed E-state index contributed by atoms with van der Waals surface area (Å²) in [6, 6.07) is 89.1. The summed E-state index contributed by atoms with van der Waals surface area (Å²) in [6.07, 6.45) is 0. The Morgan fingerprint density at radius 3 is 1.45 bits per heavy atom. The van der Waals surface area contributed by atoms with Crippen LogP contribution in [0.5, 0.6) is 0 Å². The van der Waals surface area contributed by atoms with Gasteiger partial charge in [0.05, 0.1) is 5.69 Å². The van der Waals surface area contributed by atoms with Crippen LogP contribution in [0.4, 0.5) is 34.1 Å². The van der Waals surface area contributed by atoms with E-state index in [9.17, 15) is 0 Å². The van der Waals surface area contributed by atoms with Crippen molar-refractivity contribution in [2.75, 3.05) is 9.80 Å². The molecule has 0 unspecified atom stereocenters. The van der Waals surface area contributed by atoms with Gasteiger partial charge in [-0.05, 0) is 149 Å². The molecule has 0 amide bonds. The van der Waals surface area contributed by atoms with Crippen molar-refractivity contribution in [1.29, 1.82) is 0 Å². The van der Waals surface area contributed by atoms with Gasteiger partial charge in [0, 0.05) is 34.0 Å². The molecule has 1 aliphatic heterocycles. The lowest BCUT2D eigenvalue weighted by atomic mass is 9.87. The summed E-state index contributed by atoms with van der Waals surface area (Å²) in [5, 5.41) is 10.8.